The van der Waals surface area contributed by atoms with Gasteiger partial charge in [-0.25, -0.2) is 9.67 Å². The number of hydrogen-bond acceptors (Lipinski definition) is 3. The van der Waals surface area contributed by atoms with Crippen molar-refractivity contribution in [3.05, 3.63) is 40.4 Å². The number of nitrogens with zero attached hydrogens (tertiary/aromatic N) is 4. The van der Waals surface area contributed by atoms with Crippen LogP contribution in [-0.4, -0.2) is 27.2 Å². The summed E-state index contributed by atoms with van der Waals surface area (Å²) in [6.45, 7) is 7.55. The van der Waals surface area contributed by atoms with Crippen LogP contribution < -0.4 is 4.90 Å². The first kappa shape index (κ1) is 15.6. The van der Waals surface area contributed by atoms with Gasteiger partial charge in [-0.1, -0.05) is 31.5 Å². The van der Waals surface area contributed by atoms with Crippen molar-refractivity contribution in [1.82, 2.24) is 14.8 Å². The Morgan fingerprint density at radius 3 is 2.96 bits per heavy atom. The van der Waals surface area contributed by atoms with Crippen LogP contribution in [-0.2, 0) is 23.2 Å². The molecule has 2 aliphatic rings. The number of amides is 1. The van der Waals surface area contributed by atoms with Crippen molar-refractivity contribution in [2.45, 2.75) is 45.6 Å². The Kier molecular flexibility index (Phi) is 3.46. The zero-order chi connectivity index (χ0) is 17.1. The van der Waals surface area contributed by atoms with Gasteiger partial charge in [0.2, 0.25) is 5.91 Å². The second-order valence-electron chi connectivity index (χ2n) is 7.46. The molecule has 0 saturated heterocycles. The maximum atomic E-state index is 13.2. The van der Waals surface area contributed by atoms with E-state index in [-0.39, 0.29) is 17.2 Å². The summed E-state index contributed by atoms with van der Waals surface area (Å²) in [7, 11) is 0. The highest BCUT2D eigenvalue weighted by atomic mass is 35.5. The molecule has 0 fully saturated rings. The number of aryl methyl sites for hydroxylation is 2. The maximum Gasteiger partial charge on any atom is 0.232 e. The van der Waals surface area contributed by atoms with Crippen molar-refractivity contribution in [3.8, 4) is 0 Å². The molecule has 1 aromatic heterocycles. The van der Waals surface area contributed by atoms with E-state index >= 15 is 0 Å². The predicted octanol–water partition coefficient (Wildman–Crippen LogP) is 3.13. The van der Waals surface area contributed by atoms with Gasteiger partial charge in [0.05, 0.1) is 12.5 Å². The molecule has 1 amide bonds. The lowest BCUT2D eigenvalue weighted by Gasteiger charge is -2.28. The minimum absolute atomic E-state index is 0.0562. The number of carbonyl (C=O) groups is 1. The average molecular weight is 345 g/mol. The fraction of sp³-hybridized carbons (Fsp3) is 0.500. The van der Waals surface area contributed by atoms with Crippen molar-refractivity contribution in [2.24, 2.45) is 5.92 Å². The lowest BCUT2D eigenvalue weighted by Crippen LogP contribution is -2.41. The Morgan fingerprint density at radius 2 is 2.17 bits per heavy atom. The number of anilines is 1. The molecule has 0 radical (unpaired) electrons. The van der Waals surface area contributed by atoms with Crippen LogP contribution in [0.2, 0.25) is 5.02 Å². The highest BCUT2D eigenvalue weighted by Crippen LogP contribution is 2.42. The molecule has 1 atom stereocenters. The number of hydrogen-bond donors (Lipinski definition) is 0. The fourth-order valence-electron chi connectivity index (χ4n) is 3.92. The van der Waals surface area contributed by atoms with Gasteiger partial charge in [-0.15, -0.1) is 0 Å². The van der Waals surface area contributed by atoms with Crippen LogP contribution in [0.3, 0.4) is 0 Å². The summed E-state index contributed by atoms with van der Waals surface area (Å²) in [4.78, 5) is 19.5. The van der Waals surface area contributed by atoms with Gasteiger partial charge in [0.1, 0.15) is 11.6 Å². The number of aromatic nitrogens is 3. The summed E-state index contributed by atoms with van der Waals surface area (Å²) in [6.07, 6.45) is 1.63. The third-order valence-electron chi connectivity index (χ3n) is 5.11. The first-order chi connectivity index (χ1) is 11.3. The van der Waals surface area contributed by atoms with E-state index in [1.54, 1.807) is 0 Å². The molecule has 2 aliphatic heterocycles. The predicted molar refractivity (Wildman–Crippen MR) is 93.4 cm³/mol. The van der Waals surface area contributed by atoms with E-state index in [0.29, 0.717) is 18.1 Å². The zero-order valence-electron chi connectivity index (χ0n) is 14.2. The standard InChI is InChI=1S/C18H21ClN4O/c1-11-20-16-7-4-12(9-23(16)21-11)17(24)22-10-18(2,3)14-6-5-13(19)8-15(14)22/h5-6,8,12H,4,7,9-10H2,1-3H3. The second-order valence-corrected chi connectivity index (χ2v) is 7.90. The molecule has 0 spiro atoms. The smallest absolute Gasteiger partial charge is 0.232 e. The SMILES string of the molecule is Cc1nc2n(n1)CC(C(=O)N1CC(C)(C)c3ccc(Cl)cc31)CC2. The van der Waals surface area contributed by atoms with Crippen LogP contribution in [0.15, 0.2) is 18.2 Å². The first-order valence-electron chi connectivity index (χ1n) is 8.37. The lowest BCUT2D eigenvalue weighted by atomic mass is 9.87. The highest BCUT2D eigenvalue weighted by Gasteiger charge is 2.40. The molecule has 0 saturated carbocycles. The van der Waals surface area contributed by atoms with Crippen LogP contribution in [0.1, 0.15) is 37.5 Å². The van der Waals surface area contributed by atoms with Gasteiger partial charge in [0.25, 0.3) is 0 Å². The van der Waals surface area contributed by atoms with Crippen molar-refractivity contribution in [2.75, 3.05) is 11.4 Å². The molecule has 5 nitrogen and oxygen atoms in total. The normalized spacial score (nSPS) is 21.5. The van der Waals surface area contributed by atoms with Gasteiger partial charge in [-0.2, -0.15) is 5.10 Å². The summed E-state index contributed by atoms with van der Waals surface area (Å²) in [5.74, 6) is 1.88. The Hall–Kier alpha value is -1.88. The molecule has 0 N–H and O–H groups in total. The van der Waals surface area contributed by atoms with Gasteiger partial charge >= 0.3 is 0 Å². The van der Waals surface area contributed by atoms with Crippen LogP contribution in [0.5, 0.6) is 0 Å². The van der Waals surface area contributed by atoms with Crippen LogP contribution >= 0.6 is 11.6 Å². The van der Waals surface area contributed by atoms with E-state index in [0.717, 1.165) is 30.2 Å². The van der Waals surface area contributed by atoms with Crippen LogP contribution in [0, 0.1) is 12.8 Å². The zero-order valence-corrected chi connectivity index (χ0v) is 15.0. The van der Waals surface area contributed by atoms with Gasteiger partial charge < -0.3 is 4.90 Å². The highest BCUT2D eigenvalue weighted by molar-refractivity contribution is 6.31. The summed E-state index contributed by atoms with van der Waals surface area (Å²) in [5, 5.41) is 5.08. The molecule has 2 aromatic rings. The largest absolute Gasteiger partial charge is 0.311 e. The van der Waals surface area contributed by atoms with Gasteiger partial charge in [0.15, 0.2) is 0 Å². The Morgan fingerprint density at radius 1 is 1.38 bits per heavy atom. The van der Waals surface area contributed by atoms with Crippen LogP contribution in [0.4, 0.5) is 5.69 Å². The minimum Gasteiger partial charge on any atom is -0.311 e. The van der Waals surface area contributed by atoms with Gasteiger partial charge in [-0.3, -0.25) is 4.79 Å². The molecule has 0 bridgehead atoms. The molecular formula is C18H21ClN4O. The number of halogens is 1. The Balaban J connectivity index is 1.64. The van der Waals surface area contributed by atoms with E-state index < -0.39 is 0 Å². The van der Waals surface area contributed by atoms with E-state index in [1.165, 1.54) is 5.56 Å². The third kappa shape index (κ3) is 2.42. The lowest BCUT2D eigenvalue weighted by molar-refractivity contribution is -0.123. The van der Waals surface area contributed by atoms with E-state index in [2.05, 4.69) is 23.9 Å². The Bertz CT molecular complexity index is 826. The number of benzene rings is 1. The molecule has 4 rings (SSSR count). The summed E-state index contributed by atoms with van der Waals surface area (Å²) >= 11 is 6.18. The molecule has 6 heteroatoms. The molecular weight excluding hydrogens is 324 g/mol. The number of rotatable bonds is 1. The molecule has 126 valence electrons. The van der Waals surface area contributed by atoms with E-state index in [9.17, 15) is 4.79 Å². The van der Waals surface area contributed by atoms with Crippen molar-refractivity contribution in [3.63, 3.8) is 0 Å². The van der Waals surface area contributed by atoms with E-state index in [1.807, 2.05) is 34.7 Å². The minimum atomic E-state index is -0.0563. The van der Waals surface area contributed by atoms with Crippen LogP contribution in [0.25, 0.3) is 0 Å². The summed E-state index contributed by atoms with van der Waals surface area (Å²) in [5.41, 5.74) is 2.09. The van der Waals surface area contributed by atoms with Gasteiger partial charge in [-0.05, 0) is 31.0 Å². The molecule has 0 aliphatic carbocycles. The Labute approximate surface area is 146 Å². The summed E-state index contributed by atoms with van der Waals surface area (Å²) < 4.78 is 1.89. The summed E-state index contributed by atoms with van der Waals surface area (Å²) in [6, 6.07) is 5.86. The number of fused-ring (bicyclic) bond motifs is 2. The maximum absolute atomic E-state index is 13.2. The topological polar surface area (TPSA) is 51.0 Å². The monoisotopic (exact) mass is 344 g/mol. The first-order valence-corrected chi connectivity index (χ1v) is 8.75. The second kappa shape index (κ2) is 5.31. The van der Waals surface area contributed by atoms with E-state index in [4.69, 9.17) is 11.6 Å². The average Bonchev–Trinajstić information content (AvgIpc) is 3.02. The van der Waals surface area contributed by atoms with Crippen molar-refractivity contribution in [1.29, 1.82) is 0 Å². The number of carbonyl (C=O) groups excluding carboxylic acids is 1. The quantitative estimate of drug-likeness (QED) is 0.798. The fourth-order valence-corrected chi connectivity index (χ4v) is 4.08. The molecule has 3 heterocycles. The molecule has 1 aromatic carbocycles. The van der Waals surface area contributed by atoms with Gasteiger partial charge in [0, 0.05) is 29.1 Å². The molecule has 1 unspecified atom stereocenters. The van der Waals surface area contributed by atoms with Crippen molar-refractivity contribution >= 4 is 23.2 Å². The molecule has 24 heavy (non-hydrogen) atoms. The van der Waals surface area contributed by atoms with Crippen molar-refractivity contribution < 1.29 is 4.79 Å². The third-order valence-corrected chi connectivity index (χ3v) is 5.35.